The van der Waals surface area contributed by atoms with Crippen LogP contribution in [0.2, 0.25) is 5.02 Å². The number of amides is 2. The van der Waals surface area contributed by atoms with Crippen LogP contribution >= 0.6 is 11.6 Å². The smallest absolute Gasteiger partial charge is 0.244 e. The summed E-state index contributed by atoms with van der Waals surface area (Å²) in [5, 5.41) is 3.40. The number of carbonyl (C=O) groups is 2. The van der Waals surface area contributed by atoms with Gasteiger partial charge in [0.1, 0.15) is 12.6 Å². The second-order valence-corrected chi connectivity index (χ2v) is 12.9. The first-order valence-electron chi connectivity index (χ1n) is 12.7. The van der Waals surface area contributed by atoms with Crippen molar-refractivity contribution in [1.82, 2.24) is 10.2 Å². The van der Waals surface area contributed by atoms with E-state index in [1.54, 1.807) is 25.1 Å². The van der Waals surface area contributed by atoms with Gasteiger partial charge in [-0.25, -0.2) is 8.42 Å². The lowest BCUT2D eigenvalue weighted by atomic mass is 10.0. The minimum absolute atomic E-state index is 0.126. The molecule has 0 aromatic heterocycles. The van der Waals surface area contributed by atoms with Gasteiger partial charge in [0.25, 0.3) is 0 Å². The van der Waals surface area contributed by atoms with Crippen LogP contribution in [0.15, 0.2) is 78.9 Å². The molecular weight excluding hydrogens is 534 g/mol. The molecule has 3 aromatic rings. The van der Waals surface area contributed by atoms with Gasteiger partial charge in [-0.05, 0) is 56.5 Å². The van der Waals surface area contributed by atoms with E-state index >= 15 is 0 Å². The first-order chi connectivity index (χ1) is 18.3. The quantitative estimate of drug-likeness (QED) is 0.373. The monoisotopic (exact) mass is 569 g/mol. The Morgan fingerprint density at radius 2 is 1.46 bits per heavy atom. The van der Waals surface area contributed by atoms with Crippen LogP contribution in [0.4, 0.5) is 5.69 Å². The van der Waals surface area contributed by atoms with Crippen molar-refractivity contribution in [2.24, 2.45) is 0 Å². The molecule has 3 rings (SSSR count). The van der Waals surface area contributed by atoms with Gasteiger partial charge in [0, 0.05) is 23.5 Å². The molecule has 0 aliphatic rings. The number of rotatable bonds is 10. The number of nitrogens with zero attached hydrogens (tertiary/aromatic N) is 2. The predicted octanol–water partition coefficient (Wildman–Crippen LogP) is 4.97. The van der Waals surface area contributed by atoms with Crippen LogP contribution in [0.3, 0.4) is 0 Å². The molecule has 3 aromatic carbocycles. The third-order valence-corrected chi connectivity index (χ3v) is 7.69. The molecule has 0 radical (unpaired) electrons. The van der Waals surface area contributed by atoms with E-state index in [4.69, 9.17) is 11.6 Å². The van der Waals surface area contributed by atoms with Crippen LogP contribution < -0.4 is 9.62 Å². The highest BCUT2D eigenvalue weighted by atomic mass is 35.5. The van der Waals surface area contributed by atoms with Crippen LogP contribution in [0, 0.1) is 6.92 Å². The molecule has 0 saturated heterocycles. The zero-order valence-electron chi connectivity index (χ0n) is 23.0. The number of hydrogen-bond acceptors (Lipinski definition) is 4. The molecule has 1 atom stereocenters. The van der Waals surface area contributed by atoms with Crippen LogP contribution in [-0.2, 0) is 32.6 Å². The van der Waals surface area contributed by atoms with Crippen LogP contribution in [0.5, 0.6) is 0 Å². The summed E-state index contributed by atoms with van der Waals surface area (Å²) < 4.78 is 26.9. The summed E-state index contributed by atoms with van der Waals surface area (Å²) in [4.78, 5) is 29.3. The fraction of sp³-hybridized carbons (Fsp3) is 0.333. The number of nitrogens with one attached hydrogen (secondary N) is 1. The summed E-state index contributed by atoms with van der Waals surface area (Å²) in [7, 11) is -3.87. The van der Waals surface area contributed by atoms with E-state index in [2.05, 4.69) is 5.32 Å². The average molecular weight is 570 g/mol. The van der Waals surface area contributed by atoms with E-state index in [9.17, 15) is 18.0 Å². The third-order valence-electron chi connectivity index (χ3n) is 6.15. The predicted molar refractivity (Wildman–Crippen MR) is 157 cm³/mol. The molecule has 0 bridgehead atoms. The number of benzene rings is 3. The summed E-state index contributed by atoms with van der Waals surface area (Å²) in [6.07, 6.45) is 1.31. The Balaban J connectivity index is 2.08. The Bertz CT molecular complexity index is 1390. The molecule has 0 heterocycles. The Hall–Kier alpha value is -3.36. The largest absolute Gasteiger partial charge is 0.350 e. The Kier molecular flexibility index (Phi) is 9.80. The molecule has 0 spiro atoms. The van der Waals surface area contributed by atoms with E-state index in [1.165, 1.54) is 4.90 Å². The van der Waals surface area contributed by atoms with Gasteiger partial charge in [0.2, 0.25) is 21.8 Å². The van der Waals surface area contributed by atoms with E-state index in [1.807, 2.05) is 81.4 Å². The number of halogens is 1. The first-order valence-corrected chi connectivity index (χ1v) is 14.9. The van der Waals surface area contributed by atoms with Crippen LogP contribution in [-0.4, -0.2) is 49.5 Å². The normalized spacial score (nSPS) is 12.5. The molecule has 7 nitrogen and oxygen atoms in total. The highest BCUT2D eigenvalue weighted by Gasteiger charge is 2.34. The van der Waals surface area contributed by atoms with Gasteiger partial charge in [0.05, 0.1) is 11.9 Å². The molecule has 0 unspecified atom stereocenters. The molecule has 9 heteroatoms. The maximum atomic E-state index is 14.1. The molecular formula is C30H36ClN3O4S. The standard InChI is InChI=1S/C30H36ClN3O4S/c1-22-25(31)17-12-18-26(22)34(39(5,37)38)21-28(35)33(20-24-15-10-7-11-16-24)27(29(36)32-30(2,3)4)19-23-13-8-6-9-14-23/h6-18,27H,19-21H2,1-5H3,(H,32,36)/t27-/m0/s1. The van der Waals surface area contributed by atoms with Gasteiger partial charge >= 0.3 is 0 Å². The van der Waals surface area contributed by atoms with E-state index in [-0.39, 0.29) is 18.9 Å². The molecule has 2 amide bonds. The number of hydrogen-bond donors (Lipinski definition) is 1. The summed E-state index contributed by atoms with van der Waals surface area (Å²) in [6.45, 7) is 6.97. The lowest BCUT2D eigenvalue weighted by Crippen LogP contribution is -2.56. The van der Waals surface area contributed by atoms with Crippen molar-refractivity contribution in [3.05, 3.63) is 101 Å². The fourth-order valence-corrected chi connectivity index (χ4v) is 5.32. The van der Waals surface area contributed by atoms with Crippen molar-refractivity contribution in [2.45, 2.75) is 52.2 Å². The molecule has 0 aliphatic heterocycles. The molecule has 39 heavy (non-hydrogen) atoms. The van der Waals surface area contributed by atoms with Crippen LogP contribution in [0.1, 0.15) is 37.5 Å². The minimum atomic E-state index is -3.87. The zero-order chi connectivity index (χ0) is 28.8. The highest BCUT2D eigenvalue weighted by Crippen LogP contribution is 2.28. The minimum Gasteiger partial charge on any atom is -0.350 e. The third kappa shape index (κ3) is 8.57. The molecule has 0 saturated carbocycles. The Morgan fingerprint density at radius 1 is 0.897 bits per heavy atom. The average Bonchev–Trinajstić information content (AvgIpc) is 2.86. The summed E-state index contributed by atoms with van der Waals surface area (Å²) >= 11 is 6.29. The first kappa shape index (κ1) is 30.2. The van der Waals surface area contributed by atoms with Gasteiger partial charge in [-0.2, -0.15) is 0 Å². The van der Waals surface area contributed by atoms with Gasteiger partial charge in [-0.1, -0.05) is 78.3 Å². The maximum Gasteiger partial charge on any atom is 0.244 e. The van der Waals surface area contributed by atoms with E-state index in [0.717, 1.165) is 21.7 Å². The van der Waals surface area contributed by atoms with E-state index in [0.29, 0.717) is 16.3 Å². The fourth-order valence-electron chi connectivity index (χ4n) is 4.25. The van der Waals surface area contributed by atoms with Crippen molar-refractivity contribution < 1.29 is 18.0 Å². The number of carbonyl (C=O) groups excluding carboxylic acids is 2. The van der Waals surface area contributed by atoms with Gasteiger partial charge in [0.15, 0.2) is 0 Å². The van der Waals surface area contributed by atoms with Gasteiger partial charge in [-0.15, -0.1) is 0 Å². The summed E-state index contributed by atoms with van der Waals surface area (Å²) in [5.74, 6) is -0.825. The van der Waals surface area contributed by atoms with Crippen molar-refractivity contribution in [3.63, 3.8) is 0 Å². The number of sulfonamides is 1. The van der Waals surface area contributed by atoms with Crippen molar-refractivity contribution in [3.8, 4) is 0 Å². The molecule has 208 valence electrons. The highest BCUT2D eigenvalue weighted by molar-refractivity contribution is 7.92. The Labute approximate surface area is 236 Å². The second kappa shape index (κ2) is 12.7. The molecule has 0 aliphatic carbocycles. The lowest BCUT2D eigenvalue weighted by molar-refractivity contribution is -0.140. The second-order valence-electron chi connectivity index (χ2n) is 10.6. The van der Waals surface area contributed by atoms with Gasteiger partial charge < -0.3 is 10.2 Å². The number of anilines is 1. The summed E-state index contributed by atoms with van der Waals surface area (Å²) in [5.41, 5.74) is 2.01. The topological polar surface area (TPSA) is 86.8 Å². The summed E-state index contributed by atoms with van der Waals surface area (Å²) in [6, 6.07) is 22.8. The van der Waals surface area contributed by atoms with Crippen molar-refractivity contribution >= 4 is 39.1 Å². The van der Waals surface area contributed by atoms with Crippen LogP contribution in [0.25, 0.3) is 0 Å². The Morgan fingerprint density at radius 3 is 2.00 bits per heavy atom. The van der Waals surface area contributed by atoms with Crippen molar-refractivity contribution in [1.29, 1.82) is 0 Å². The molecule has 1 N–H and O–H groups in total. The van der Waals surface area contributed by atoms with Gasteiger partial charge in [-0.3, -0.25) is 13.9 Å². The maximum absolute atomic E-state index is 14.1. The van der Waals surface area contributed by atoms with Crippen molar-refractivity contribution in [2.75, 3.05) is 17.1 Å². The van der Waals surface area contributed by atoms with E-state index < -0.39 is 34.1 Å². The molecule has 0 fully saturated rings. The SMILES string of the molecule is Cc1c(Cl)cccc1N(CC(=O)N(Cc1ccccc1)[C@@H](Cc1ccccc1)C(=O)NC(C)(C)C)S(C)(=O)=O. The zero-order valence-corrected chi connectivity index (χ0v) is 24.6. The lowest BCUT2D eigenvalue weighted by Gasteiger charge is -2.35.